The van der Waals surface area contributed by atoms with Gasteiger partial charge in [-0.1, -0.05) is 30.3 Å². The fraction of sp³-hybridized carbons (Fsp3) is 0.550. The topological polar surface area (TPSA) is 77.9 Å². The van der Waals surface area contributed by atoms with Crippen molar-refractivity contribution in [3.63, 3.8) is 0 Å². The van der Waals surface area contributed by atoms with Crippen LogP contribution >= 0.6 is 0 Å². The molecule has 0 saturated carbocycles. The van der Waals surface area contributed by atoms with Crippen LogP contribution in [0.4, 0.5) is 0 Å². The molecular formula is C20H26N2O4. The standard InChI is InChI=1S/C20H26N2O4/c1-13-8-9-16(20(25)26)11-21(13)19(24)17-10-18(23)22(12-17)14(2)15-6-4-3-5-7-15/h3-7,13-14,16-17H,8-12H2,1-2H3,(H,25,26). The summed E-state index contributed by atoms with van der Waals surface area (Å²) in [5, 5.41) is 9.27. The first-order valence-electron chi connectivity index (χ1n) is 9.26. The van der Waals surface area contributed by atoms with Crippen molar-refractivity contribution >= 4 is 17.8 Å². The second-order valence-electron chi connectivity index (χ2n) is 7.49. The third kappa shape index (κ3) is 3.59. The fourth-order valence-electron chi connectivity index (χ4n) is 4.03. The number of aliphatic carboxylic acids is 1. The van der Waals surface area contributed by atoms with Crippen molar-refractivity contribution in [3.8, 4) is 0 Å². The lowest BCUT2D eigenvalue weighted by molar-refractivity contribution is -0.148. The number of hydrogen-bond donors (Lipinski definition) is 1. The number of piperidine rings is 1. The van der Waals surface area contributed by atoms with Crippen LogP contribution in [0.5, 0.6) is 0 Å². The van der Waals surface area contributed by atoms with Gasteiger partial charge in [0, 0.05) is 25.6 Å². The first-order valence-corrected chi connectivity index (χ1v) is 9.26. The highest BCUT2D eigenvalue weighted by molar-refractivity contribution is 5.90. The molecule has 4 atom stereocenters. The zero-order chi connectivity index (χ0) is 18.8. The van der Waals surface area contributed by atoms with E-state index in [-0.39, 0.29) is 42.8 Å². The Balaban J connectivity index is 1.69. The van der Waals surface area contributed by atoms with Crippen molar-refractivity contribution < 1.29 is 19.5 Å². The van der Waals surface area contributed by atoms with Gasteiger partial charge in [-0.25, -0.2) is 0 Å². The van der Waals surface area contributed by atoms with Crippen molar-refractivity contribution in [3.05, 3.63) is 35.9 Å². The molecule has 2 aliphatic heterocycles. The Hall–Kier alpha value is -2.37. The SMILES string of the molecule is CC1CCC(C(=O)O)CN1C(=O)C1CC(=O)N(C(C)c2ccccc2)C1. The molecule has 4 unspecified atom stereocenters. The largest absolute Gasteiger partial charge is 0.481 e. The lowest BCUT2D eigenvalue weighted by atomic mass is 9.92. The third-order valence-corrected chi connectivity index (χ3v) is 5.77. The summed E-state index contributed by atoms with van der Waals surface area (Å²) in [6, 6.07) is 9.73. The number of likely N-dealkylation sites (tertiary alicyclic amines) is 2. The summed E-state index contributed by atoms with van der Waals surface area (Å²) in [5.74, 6) is -1.84. The first-order chi connectivity index (χ1) is 12.4. The van der Waals surface area contributed by atoms with Crippen LogP contribution in [0.2, 0.25) is 0 Å². The molecule has 2 heterocycles. The molecule has 6 heteroatoms. The van der Waals surface area contributed by atoms with Gasteiger partial charge in [0.2, 0.25) is 11.8 Å². The number of amides is 2. The normalized spacial score (nSPS) is 27.5. The van der Waals surface area contributed by atoms with E-state index >= 15 is 0 Å². The molecule has 2 amide bonds. The second kappa shape index (κ2) is 7.48. The van der Waals surface area contributed by atoms with Gasteiger partial charge in [-0.3, -0.25) is 14.4 Å². The van der Waals surface area contributed by atoms with Crippen LogP contribution in [0.15, 0.2) is 30.3 Å². The zero-order valence-electron chi connectivity index (χ0n) is 15.3. The molecule has 26 heavy (non-hydrogen) atoms. The maximum Gasteiger partial charge on any atom is 0.308 e. The second-order valence-corrected chi connectivity index (χ2v) is 7.49. The van der Waals surface area contributed by atoms with Gasteiger partial charge >= 0.3 is 5.97 Å². The summed E-state index contributed by atoms with van der Waals surface area (Å²) in [7, 11) is 0. The lowest BCUT2D eigenvalue weighted by Crippen LogP contribution is -2.49. The Morgan fingerprint density at radius 1 is 1.12 bits per heavy atom. The van der Waals surface area contributed by atoms with E-state index in [1.54, 1.807) is 9.80 Å². The van der Waals surface area contributed by atoms with E-state index in [9.17, 15) is 19.5 Å². The van der Waals surface area contributed by atoms with Gasteiger partial charge in [-0.15, -0.1) is 0 Å². The van der Waals surface area contributed by atoms with Crippen LogP contribution in [0, 0.1) is 11.8 Å². The van der Waals surface area contributed by atoms with Crippen LogP contribution < -0.4 is 0 Å². The van der Waals surface area contributed by atoms with E-state index in [2.05, 4.69) is 0 Å². The highest BCUT2D eigenvalue weighted by atomic mass is 16.4. The summed E-state index contributed by atoms with van der Waals surface area (Å²) < 4.78 is 0. The maximum absolute atomic E-state index is 13.0. The maximum atomic E-state index is 13.0. The average molecular weight is 358 g/mol. The van der Waals surface area contributed by atoms with E-state index in [4.69, 9.17) is 0 Å². The Bertz CT molecular complexity index is 690. The molecule has 140 valence electrons. The molecule has 0 bridgehead atoms. The van der Waals surface area contributed by atoms with E-state index in [1.807, 2.05) is 44.2 Å². The molecule has 6 nitrogen and oxygen atoms in total. The van der Waals surface area contributed by atoms with Crippen molar-refractivity contribution in [2.75, 3.05) is 13.1 Å². The molecule has 3 rings (SSSR count). The fourth-order valence-corrected chi connectivity index (χ4v) is 4.03. The smallest absolute Gasteiger partial charge is 0.308 e. The molecule has 0 aliphatic carbocycles. The van der Waals surface area contributed by atoms with Crippen LogP contribution in [0.1, 0.15) is 44.7 Å². The Morgan fingerprint density at radius 3 is 2.46 bits per heavy atom. The minimum Gasteiger partial charge on any atom is -0.481 e. The predicted octanol–water partition coefficient (Wildman–Crippen LogP) is 2.31. The molecule has 2 aliphatic rings. The number of carboxylic acid groups (broad SMARTS) is 1. The number of nitrogens with zero attached hydrogens (tertiary/aromatic N) is 2. The van der Waals surface area contributed by atoms with Gasteiger partial charge in [-0.05, 0) is 32.3 Å². The number of rotatable bonds is 4. The predicted molar refractivity (Wildman–Crippen MR) is 96.2 cm³/mol. The van der Waals surface area contributed by atoms with Crippen molar-refractivity contribution in [1.82, 2.24) is 9.80 Å². The zero-order valence-corrected chi connectivity index (χ0v) is 15.3. The van der Waals surface area contributed by atoms with Crippen LogP contribution in [-0.2, 0) is 14.4 Å². The molecule has 0 radical (unpaired) electrons. The Morgan fingerprint density at radius 2 is 1.81 bits per heavy atom. The van der Waals surface area contributed by atoms with E-state index < -0.39 is 11.9 Å². The number of carbonyl (C=O) groups is 3. The molecule has 1 aromatic rings. The molecular weight excluding hydrogens is 332 g/mol. The lowest BCUT2D eigenvalue weighted by Gasteiger charge is -2.38. The number of carbonyl (C=O) groups excluding carboxylic acids is 2. The van der Waals surface area contributed by atoms with Gasteiger partial charge in [-0.2, -0.15) is 0 Å². The van der Waals surface area contributed by atoms with E-state index in [0.29, 0.717) is 19.4 Å². The molecule has 0 aromatic heterocycles. The summed E-state index contributed by atoms with van der Waals surface area (Å²) in [6.45, 7) is 4.57. The molecule has 2 saturated heterocycles. The van der Waals surface area contributed by atoms with Gasteiger partial charge in [0.15, 0.2) is 0 Å². The molecule has 2 fully saturated rings. The van der Waals surface area contributed by atoms with Crippen LogP contribution in [-0.4, -0.2) is 51.8 Å². The quantitative estimate of drug-likeness (QED) is 0.896. The van der Waals surface area contributed by atoms with Gasteiger partial charge in [0.05, 0.1) is 17.9 Å². The molecule has 1 aromatic carbocycles. The van der Waals surface area contributed by atoms with E-state index in [1.165, 1.54) is 0 Å². The monoisotopic (exact) mass is 358 g/mol. The van der Waals surface area contributed by atoms with Crippen LogP contribution in [0.25, 0.3) is 0 Å². The summed E-state index contributed by atoms with van der Waals surface area (Å²) >= 11 is 0. The Kier molecular flexibility index (Phi) is 5.30. The highest BCUT2D eigenvalue weighted by Gasteiger charge is 2.41. The van der Waals surface area contributed by atoms with Crippen LogP contribution in [0.3, 0.4) is 0 Å². The number of benzene rings is 1. The minimum absolute atomic E-state index is 0.0147. The third-order valence-electron chi connectivity index (χ3n) is 5.77. The summed E-state index contributed by atoms with van der Waals surface area (Å²) in [6.07, 6.45) is 1.49. The summed E-state index contributed by atoms with van der Waals surface area (Å²) in [5.41, 5.74) is 1.05. The molecule has 0 spiro atoms. The van der Waals surface area contributed by atoms with Crippen molar-refractivity contribution in [2.24, 2.45) is 11.8 Å². The minimum atomic E-state index is -0.850. The Labute approximate surface area is 153 Å². The first kappa shape index (κ1) is 18.4. The van der Waals surface area contributed by atoms with Crippen molar-refractivity contribution in [1.29, 1.82) is 0 Å². The number of carboxylic acids is 1. The molecule has 1 N–H and O–H groups in total. The number of hydrogen-bond acceptors (Lipinski definition) is 3. The van der Waals surface area contributed by atoms with Gasteiger partial charge in [0.25, 0.3) is 0 Å². The van der Waals surface area contributed by atoms with Gasteiger partial charge < -0.3 is 14.9 Å². The van der Waals surface area contributed by atoms with E-state index in [0.717, 1.165) is 5.56 Å². The highest BCUT2D eigenvalue weighted by Crippen LogP contribution is 2.31. The average Bonchev–Trinajstić information content (AvgIpc) is 3.03. The summed E-state index contributed by atoms with van der Waals surface area (Å²) in [4.78, 5) is 40.2. The van der Waals surface area contributed by atoms with Gasteiger partial charge in [0.1, 0.15) is 0 Å². The van der Waals surface area contributed by atoms with Crippen molar-refractivity contribution in [2.45, 2.75) is 45.2 Å².